The fourth-order valence-electron chi connectivity index (χ4n) is 2.44. The molecule has 0 aromatic heterocycles. The van der Waals surface area contributed by atoms with Crippen molar-refractivity contribution in [3.8, 4) is 11.5 Å². The number of rotatable bonds is 6. The van der Waals surface area contributed by atoms with Gasteiger partial charge in [0.05, 0.1) is 18.7 Å². The van der Waals surface area contributed by atoms with Crippen LogP contribution in [0, 0.1) is 0 Å². The number of amides is 1. The summed E-state index contributed by atoms with van der Waals surface area (Å²) in [7, 11) is 0. The molecule has 2 aromatic rings. The number of hydrazone groups is 1. The molecule has 0 saturated carbocycles. The third kappa shape index (κ3) is 4.18. The first-order chi connectivity index (χ1) is 12.7. The highest BCUT2D eigenvalue weighted by Gasteiger charge is 2.18. The average molecular weight is 354 g/mol. The second-order valence-corrected chi connectivity index (χ2v) is 5.42. The zero-order valence-electron chi connectivity index (χ0n) is 14.2. The van der Waals surface area contributed by atoms with E-state index >= 15 is 0 Å². The number of fused-ring (bicyclic) bond motifs is 1. The maximum absolute atomic E-state index is 12.7. The smallest absolute Gasteiger partial charge is 0.427 e. The first-order valence-electron chi connectivity index (χ1n) is 8.15. The van der Waals surface area contributed by atoms with Gasteiger partial charge in [0.1, 0.15) is 0 Å². The summed E-state index contributed by atoms with van der Waals surface area (Å²) in [6.45, 7) is 2.08. The number of ketones is 1. The van der Waals surface area contributed by atoms with Crippen molar-refractivity contribution in [2.24, 2.45) is 5.10 Å². The van der Waals surface area contributed by atoms with Crippen molar-refractivity contribution in [2.75, 3.05) is 13.4 Å². The summed E-state index contributed by atoms with van der Waals surface area (Å²) >= 11 is 0. The molecule has 0 fully saturated rings. The van der Waals surface area contributed by atoms with Crippen LogP contribution in [-0.4, -0.2) is 31.0 Å². The number of hydrogen-bond acceptors (Lipinski definition) is 6. The van der Waals surface area contributed by atoms with E-state index in [2.05, 4.69) is 10.5 Å². The Balaban J connectivity index is 1.79. The predicted octanol–water partition coefficient (Wildman–Crippen LogP) is 3.14. The minimum absolute atomic E-state index is 0.00998. The van der Waals surface area contributed by atoms with Crippen molar-refractivity contribution in [3.05, 3.63) is 59.7 Å². The Bertz CT molecular complexity index is 833. The molecule has 2 aromatic carbocycles. The Morgan fingerprint density at radius 2 is 1.85 bits per heavy atom. The number of Topliss-reactive ketones (excluding diaryl/α,β-unsaturated/α-hetero) is 1. The Morgan fingerprint density at radius 1 is 1.08 bits per heavy atom. The van der Waals surface area contributed by atoms with Crippen LogP contribution in [0.3, 0.4) is 0 Å². The molecule has 0 radical (unpaired) electrons. The van der Waals surface area contributed by atoms with Crippen LogP contribution in [0.2, 0.25) is 0 Å². The highest BCUT2D eigenvalue weighted by Crippen LogP contribution is 2.32. The van der Waals surface area contributed by atoms with Crippen LogP contribution in [0.15, 0.2) is 53.6 Å². The minimum atomic E-state index is -0.670. The lowest BCUT2D eigenvalue weighted by molar-refractivity contribution is 0.0999. The number of carbonyl (C=O) groups is 2. The molecule has 0 spiro atoms. The monoisotopic (exact) mass is 354 g/mol. The Kier molecular flexibility index (Phi) is 5.48. The third-order valence-corrected chi connectivity index (χ3v) is 3.69. The highest BCUT2D eigenvalue weighted by molar-refractivity contribution is 6.16. The molecule has 3 rings (SSSR count). The average Bonchev–Trinajstić information content (AvgIpc) is 3.13. The minimum Gasteiger partial charge on any atom is -0.454 e. The Labute approximate surface area is 150 Å². The molecule has 1 N–H and O–H groups in total. The van der Waals surface area contributed by atoms with Crippen molar-refractivity contribution >= 4 is 17.6 Å². The first kappa shape index (κ1) is 17.5. The van der Waals surface area contributed by atoms with E-state index in [4.69, 9.17) is 14.2 Å². The molecule has 0 atom stereocenters. The van der Waals surface area contributed by atoms with Crippen molar-refractivity contribution in [2.45, 2.75) is 13.3 Å². The molecule has 0 unspecified atom stereocenters. The summed E-state index contributed by atoms with van der Waals surface area (Å²) < 4.78 is 15.4. The van der Waals surface area contributed by atoms with Gasteiger partial charge in [0.2, 0.25) is 6.79 Å². The fourth-order valence-corrected chi connectivity index (χ4v) is 2.44. The van der Waals surface area contributed by atoms with Gasteiger partial charge in [-0.3, -0.25) is 4.79 Å². The number of benzene rings is 2. The zero-order chi connectivity index (χ0) is 18.4. The number of nitrogens with one attached hydrogen (secondary N) is 1. The summed E-state index contributed by atoms with van der Waals surface area (Å²) in [6.07, 6.45) is -0.660. The SMILES string of the molecule is CCOC(=O)N/N=C(/CC(=O)c1ccc2c(c1)OCO2)c1ccccc1. The van der Waals surface area contributed by atoms with Gasteiger partial charge in [0.25, 0.3) is 0 Å². The molecule has 7 heteroatoms. The molecule has 1 amide bonds. The number of ether oxygens (including phenoxy) is 3. The maximum Gasteiger partial charge on any atom is 0.427 e. The van der Waals surface area contributed by atoms with Crippen molar-refractivity contribution < 1.29 is 23.8 Å². The quantitative estimate of drug-likeness (QED) is 0.489. The molecule has 134 valence electrons. The van der Waals surface area contributed by atoms with E-state index in [9.17, 15) is 9.59 Å². The number of hydrogen-bond donors (Lipinski definition) is 1. The van der Waals surface area contributed by atoms with Crippen LogP contribution in [0.4, 0.5) is 4.79 Å². The zero-order valence-corrected chi connectivity index (χ0v) is 14.2. The molecule has 0 saturated heterocycles. The fraction of sp³-hybridized carbons (Fsp3) is 0.211. The Morgan fingerprint density at radius 3 is 2.62 bits per heavy atom. The lowest BCUT2D eigenvalue weighted by atomic mass is 10.0. The van der Waals surface area contributed by atoms with E-state index in [0.29, 0.717) is 22.8 Å². The van der Waals surface area contributed by atoms with Crippen LogP contribution >= 0.6 is 0 Å². The van der Waals surface area contributed by atoms with Gasteiger partial charge in [-0.15, -0.1) is 0 Å². The van der Waals surface area contributed by atoms with Crippen LogP contribution in [0.1, 0.15) is 29.3 Å². The van der Waals surface area contributed by atoms with Gasteiger partial charge < -0.3 is 14.2 Å². The lowest BCUT2D eigenvalue weighted by Crippen LogP contribution is -2.22. The van der Waals surface area contributed by atoms with E-state index in [-0.39, 0.29) is 25.6 Å². The summed E-state index contributed by atoms with van der Waals surface area (Å²) in [5.74, 6) is 0.998. The van der Waals surface area contributed by atoms with Gasteiger partial charge >= 0.3 is 6.09 Å². The van der Waals surface area contributed by atoms with Crippen molar-refractivity contribution in [1.82, 2.24) is 5.43 Å². The van der Waals surface area contributed by atoms with Crippen molar-refractivity contribution in [1.29, 1.82) is 0 Å². The molecule has 7 nitrogen and oxygen atoms in total. The van der Waals surface area contributed by atoms with Gasteiger partial charge in [0.15, 0.2) is 17.3 Å². The van der Waals surface area contributed by atoms with Gasteiger partial charge in [-0.1, -0.05) is 30.3 Å². The predicted molar refractivity (Wildman–Crippen MR) is 94.6 cm³/mol. The largest absolute Gasteiger partial charge is 0.454 e. The van der Waals surface area contributed by atoms with E-state index in [1.165, 1.54) is 0 Å². The standard InChI is InChI=1S/C19H18N2O5/c1-2-24-19(23)21-20-15(13-6-4-3-5-7-13)11-16(22)14-8-9-17-18(10-14)26-12-25-17/h3-10H,2,11-12H2,1H3,(H,21,23)/b20-15-. The topological polar surface area (TPSA) is 86.2 Å². The molecule has 1 aliphatic heterocycles. The highest BCUT2D eigenvalue weighted by atomic mass is 16.7. The molecule has 1 aliphatic rings. The lowest BCUT2D eigenvalue weighted by Gasteiger charge is -2.08. The van der Waals surface area contributed by atoms with Gasteiger partial charge in [-0.05, 0) is 30.7 Å². The van der Waals surface area contributed by atoms with Crippen LogP contribution in [-0.2, 0) is 4.74 Å². The molecular formula is C19H18N2O5. The van der Waals surface area contributed by atoms with Gasteiger partial charge in [-0.2, -0.15) is 5.10 Å². The van der Waals surface area contributed by atoms with E-state index in [1.54, 1.807) is 25.1 Å². The van der Waals surface area contributed by atoms with Gasteiger partial charge in [0, 0.05) is 5.56 Å². The summed E-state index contributed by atoms with van der Waals surface area (Å²) in [6, 6.07) is 14.2. The number of carbonyl (C=O) groups excluding carboxylic acids is 2. The normalized spacial score (nSPS) is 12.6. The van der Waals surface area contributed by atoms with Crippen LogP contribution in [0.5, 0.6) is 11.5 Å². The summed E-state index contributed by atoms with van der Waals surface area (Å²) in [4.78, 5) is 24.2. The molecule has 1 heterocycles. The van der Waals surface area contributed by atoms with E-state index < -0.39 is 6.09 Å². The van der Waals surface area contributed by atoms with E-state index in [0.717, 1.165) is 5.56 Å². The van der Waals surface area contributed by atoms with Crippen LogP contribution < -0.4 is 14.9 Å². The second-order valence-electron chi connectivity index (χ2n) is 5.42. The molecule has 0 aliphatic carbocycles. The van der Waals surface area contributed by atoms with Crippen LogP contribution in [0.25, 0.3) is 0 Å². The molecule has 0 bridgehead atoms. The van der Waals surface area contributed by atoms with E-state index in [1.807, 2.05) is 30.3 Å². The second kappa shape index (κ2) is 8.15. The van der Waals surface area contributed by atoms with Gasteiger partial charge in [-0.25, -0.2) is 10.2 Å². The first-order valence-corrected chi connectivity index (χ1v) is 8.15. The molecule has 26 heavy (non-hydrogen) atoms. The molecular weight excluding hydrogens is 336 g/mol. The summed E-state index contributed by atoms with van der Waals surface area (Å²) in [5.41, 5.74) is 3.96. The third-order valence-electron chi connectivity index (χ3n) is 3.69. The van der Waals surface area contributed by atoms with Crippen molar-refractivity contribution in [3.63, 3.8) is 0 Å². The Hall–Kier alpha value is -3.35. The maximum atomic E-state index is 12.7. The number of nitrogens with zero attached hydrogens (tertiary/aromatic N) is 1. The summed E-state index contributed by atoms with van der Waals surface area (Å²) in [5, 5.41) is 4.07.